The zero-order valence-corrected chi connectivity index (χ0v) is 19.1. The lowest BCUT2D eigenvalue weighted by molar-refractivity contribution is -0.137. The highest BCUT2D eigenvalue weighted by atomic mass is 35.5. The summed E-state index contributed by atoms with van der Waals surface area (Å²) >= 11 is 5.85. The van der Waals surface area contributed by atoms with Gasteiger partial charge in [-0.15, -0.1) is 0 Å². The van der Waals surface area contributed by atoms with Crippen molar-refractivity contribution in [2.24, 2.45) is 0 Å². The van der Waals surface area contributed by atoms with E-state index in [0.717, 1.165) is 22.9 Å². The molecule has 1 fully saturated rings. The van der Waals surface area contributed by atoms with Crippen LogP contribution in [0.1, 0.15) is 40.8 Å². The summed E-state index contributed by atoms with van der Waals surface area (Å²) in [4.78, 5) is 23.4. The minimum absolute atomic E-state index is 0.00677. The molecule has 11 heteroatoms. The third-order valence-electron chi connectivity index (χ3n) is 6.87. The van der Waals surface area contributed by atoms with Crippen LogP contribution < -0.4 is 14.8 Å². The van der Waals surface area contributed by atoms with E-state index in [9.17, 15) is 18.0 Å². The lowest BCUT2D eigenvalue weighted by Crippen LogP contribution is -2.20. The number of nitrogens with zero attached hydrogens (tertiary/aromatic N) is 2. The second-order valence-electron chi connectivity index (χ2n) is 9.09. The summed E-state index contributed by atoms with van der Waals surface area (Å²) in [5.74, 6) is 2.87. The molecule has 2 aromatic heterocycles. The Morgan fingerprint density at radius 3 is 2.81 bits per heavy atom. The van der Waals surface area contributed by atoms with Gasteiger partial charge in [0.15, 0.2) is 0 Å². The van der Waals surface area contributed by atoms with E-state index in [1.165, 1.54) is 6.07 Å². The van der Waals surface area contributed by atoms with E-state index >= 15 is 0 Å². The second kappa shape index (κ2) is 7.36. The Morgan fingerprint density at radius 1 is 1.11 bits per heavy atom. The molecule has 1 amide bonds. The van der Waals surface area contributed by atoms with E-state index in [4.69, 9.17) is 21.1 Å². The Morgan fingerprint density at radius 2 is 1.97 bits per heavy atom. The number of nitrogens with one attached hydrogen (secondary N) is 2. The van der Waals surface area contributed by atoms with Crippen molar-refractivity contribution in [2.45, 2.75) is 37.0 Å². The molecule has 1 aliphatic carbocycles. The van der Waals surface area contributed by atoms with Gasteiger partial charge in [0.05, 0.1) is 27.5 Å². The van der Waals surface area contributed by atoms with E-state index in [0.29, 0.717) is 41.5 Å². The molecule has 0 spiro atoms. The Bertz CT molecular complexity index is 1590. The summed E-state index contributed by atoms with van der Waals surface area (Å²) in [7, 11) is 0. The number of hydrogen-bond acceptors (Lipinski definition) is 5. The molecule has 0 saturated heterocycles. The fourth-order valence-electron chi connectivity index (χ4n) is 5.14. The van der Waals surface area contributed by atoms with Crippen LogP contribution in [-0.2, 0) is 17.4 Å². The molecule has 182 valence electrons. The van der Waals surface area contributed by atoms with E-state index in [-0.39, 0.29) is 34.4 Å². The van der Waals surface area contributed by atoms with Crippen LogP contribution in [0.3, 0.4) is 0 Å². The highest BCUT2D eigenvalue weighted by Crippen LogP contribution is 2.63. The maximum Gasteiger partial charge on any atom is 0.417 e. The number of H-pyrrole nitrogens is 1. The average Bonchev–Trinajstić information content (AvgIpc) is 3.18. The van der Waals surface area contributed by atoms with Gasteiger partial charge in [0, 0.05) is 29.7 Å². The molecule has 3 atom stereocenters. The monoisotopic (exact) mass is 512 g/mol. The highest BCUT2D eigenvalue weighted by Gasteiger charge is 2.61. The van der Waals surface area contributed by atoms with Crippen LogP contribution in [0.25, 0.3) is 11.0 Å². The highest BCUT2D eigenvalue weighted by molar-refractivity contribution is 6.32. The van der Waals surface area contributed by atoms with Crippen molar-refractivity contribution in [2.75, 3.05) is 5.32 Å². The van der Waals surface area contributed by atoms with E-state index in [2.05, 4.69) is 20.3 Å². The normalized spacial score (nSPS) is 21.9. The fraction of sp³-hybridized carbons (Fsp3) is 0.240. The first-order valence-corrected chi connectivity index (χ1v) is 11.7. The third-order valence-corrected chi connectivity index (χ3v) is 7.18. The topological polar surface area (TPSA) is 89.1 Å². The first-order valence-electron chi connectivity index (χ1n) is 11.3. The van der Waals surface area contributed by atoms with Crippen LogP contribution in [0.2, 0.25) is 5.02 Å². The maximum absolute atomic E-state index is 13.2. The summed E-state index contributed by atoms with van der Waals surface area (Å²) in [6.07, 6.45) is -2.22. The largest absolute Gasteiger partial charge is 0.489 e. The zero-order valence-electron chi connectivity index (χ0n) is 18.3. The summed E-state index contributed by atoms with van der Waals surface area (Å²) in [6.45, 7) is 0. The molecule has 7 nitrogen and oxygen atoms in total. The third kappa shape index (κ3) is 3.31. The Kier molecular flexibility index (Phi) is 4.39. The van der Waals surface area contributed by atoms with Crippen LogP contribution in [0, 0.1) is 0 Å². The van der Waals surface area contributed by atoms with Crippen LogP contribution >= 0.6 is 11.6 Å². The van der Waals surface area contributed by atoms with Crippen molar-refractivity contribution in [1.29, 1.82) is 0 Å². The molecule has 1 saturated carbocycles. The molecule has 4 aromatic rings. The van der Waals surface area contributed by atoms with E-state index in [1.807, 2.05) is 18.2 Å². The van der Waals surface area contributed by atoms with Crippen LogP contribution in [0.15, 0.2) is 42.6 Å². The van der Waals surface area contributed by atoms with E-state index in [1.54, 1.807) is 12.3 Å². The Hall–Kier alpha value is -3.79. The van der Waals surface area contributed by atoms with Crippen LogP contribution in [-0.4, -0.2) is 27.0 Å². The molecule has 36 heavy (non-hydrogen) atoms. The van der Waals surface area contributed by atoms with Gasteiger partial charge in [-0.1, -0.05) is 11.6 Å². The Balaban J connectivity index is 1.17. The van der Waals surface area contributed by atoms with Crippen molar-refractivity contribution >= 4 is 34.4 Å². The molecule has 2 aliphatic heterocycles. The number of ether oxygens (including phenoxy) is 2. The number of pyridine rings is 1. The van der Waals surface area contributed by atoms with Crippen molar-refractivity contribution < 1.29 is 27.4 Å². The number of halogens is 4. The second-order valence-corrected chi connectivity index (χ2v) is 9.50. The van der Waals surface area contributed by atoms with Gasteiger partial charge in [-0.2, -0.15) is 13.2 Å². The minimum Gasteiger partial charge on any atom is -0.489 e. The van der Waals surface area contributed by atoms with Gasteiger partial charge in [0.2, 0.25) is 5.91 Å². The number of carbonyl (C=O) groups is 1. The predicted molar refractivity (Wildman–Crippen MR) is 124 cm³/mol. The Labute approximate surface area is 206 Å². The molecular weight excluding hydrogens is 497 g/mol. The number of rotatable bonds is 3. The first kappa shape index (κ1) is 21.5. The number of imidazole rings is 1. The molecule has 0 radical (unpaired) electrons. The predicted octanol–water partition coefficient (Wildman–Crippen LogP) is 5.95. The van der Waals surface area contributed by atoms with E-state index < -0.39 is 11.7 Å². The minimum atomic E-state index is -4.55. The SMILES string of the molecule is O=C1CCc2c(Oc3ccc4c(c3)[C@@H]3C(c5nc6cc(Cl)c(C(F)(F)F)cc6[nH]5)[C@@H]3O4)ccnc2N1. The number of aromatic nitrogens is 3. The molecule has 3 aliphatic rings. The fourth-order valence-corrected chi connectivity index (χ4v) is 5.40. The number of aromatic amines is 1. The zero-order chi connectivity index (χ0) is 24.8. The number of benzene rings is 2. The first-order chi connectivity index (χ1) is 17.3. The van der Waals surface area contributed by atoms with Crippen molar-refractivity contribution in [3.63, 3.8) is 0 Å². The maximum atomic E-state index is 13.2. The summed E-state index contributed by atoms with van der Waals surface area (Å²) in [5, 5.41) is 2.38. The molecule has 7 rings (SSSR count). The standard InChI is InChI=1S/C25H16ClF3N4O3/c26-14-9-16-15(8-13(14)25(27,28)29)31-24(32-16)21-20-12-7-10(1-3-17(12)36-22(20)21)35-18-5-6-30-23-11(18)2-4-19(34)33-23/h1,3,5-9,20-22H,2,4H2,(H,31,32)(H,30,33,34)/t20-,21?,22-/m1/s1. The van der Waals surface area contributed by atoms with Gasteiger partial charge in [-0.25, -0.2) is 9.97 Å². The summed E-state index contributed by atoms with van der Waals surface area (Å²) < 4.78 is 52.0. The molecule has 2 aromatic carbocycles. The van der Waals surface area contributed by atoms with Crippen LogP contribution in [0.5, 0.6) is 17.2 Å². The smallest absolute Gasteiger partial charge is 0.417 e. The lowest BCUT2D eigenvalue weighted by atomic mass is 10.1. The lowest BCUT2D eigenvalue weighted by Gasteiger charge is -2.19. The summed E-state index contributed by atoms with van der Waals surface area (Å²) in [5.41, 5.74) is 1.55. The summed E-state index contributed by atoms with van der Waals surface area (Å²) in [6, 6.07) is 9.56. The molecule has 2 N–H and O–H groups in total. The number of amides is 1. The van der Waals surface area contributed by atoms with Crippen molar-refractivity contribution in [3.05, 3.63) is 70.1 Å². The van der Waals surface area contributed by atoms with Gasteiger partial charge >= 0.3 is 6.18 Å². The number of anilines is 1. The van der Waals surface area contributed by atoms with Gasteiger partial charge < -0.3 is 19.8 Å². The average molecular weight is 513 g/mol. The number of fused-ring (bicyclic) bond motifs is 5. The van der Waals surface area contributed by atoms with Gasteiger partial charge in [0.25, 0.3) is 0 Å². The van der Waals surface area contributed by atoms with Gasteiger partial charge in [0.1, 0.15) is 35.0 Å². The van der Waals surface area contributed by atoms with Gasteiger partial charge in [-0.3, -0.25) is 4.79 Å². The number of carbonyl (C=O) groups excluding carboxylic acids is 1. The molecule has 0 bridgehead atoms. The van der Waals surface area contributed by atoms with Crippen molar-refractivity contribution in [3.8, 4) is 17.2 Å². The number of alkyl halides is 3. The van der Waals surface area contributed by atoms with Crippen LogP contribution in [0.4, 0.5) is 19.0 Å². The number of hydrogen-bond donors (Lipinski definition) is 2. The van der Waals surface area contributed by atoms with Gasteiger partial charge in [-0.05, 0) is 42.8 Å². The molecule has 1 unspecified atom stereocenters. The molecule has 4 heterocycles. The quantitative estimate of drug-likeness (QED) is 0.354. The van der Waals surface area contributed by atoms with Crippen molar-refractivity contribution in [1.82, 2.24) is 15.0 Å². The molecular formula is C25H16ClF3N4O3.